The minimum Gasteiger partial charge on any atom is -0.347 e. The van der Waals surface area contributed by atoms with Gasteiger partial charge in [-0.25, -0.2) is 0 Å². The quantitative estimate of drug-likeness (QED) is 0.802. The smallest absolute Gasteiger partial charge is 0.270 e. The Balaban J connectivity index is 1.57. The summed E-state index contributed by atoms with van der Waals surface area (Å²) in [5.41, 5.74) is 2.11. The van der Waals surface area contributed by atoms with Crippen molar-refractivity contribution in [1.82, 2.24) is 15.2 Å². The predicted octanol–water partition coefficient (Wildman–Crippen LogP) is 3.09. The van der Waals surface area contributed by atoms with Gasteiger partial charge in [0, 0.05) is 31.4 Å². The molecule has 1 fully saturated rings. The molecule has 1 aromatic carbocycles. The number of amides is 2. The van der Waals surface area contributed by atoms with E-state index in [1.54, 1.807) is 18.2 Å². The van der Waals surface area contributed by atoms with Crippen LogP contribution >= 0.6 is 0 Å². The second-order valence-electron chi connectivity index (χ2n) is 6.85. The Morgan fingerprint density at radius 1 is 1.19 bits per heavy atom. The monoisotopic (exact) mass is 363 g/mol. The van der Waals surface area contributed by atoms with Gasteiger partial charge >= 0.3 is 0 Å². The highest BCUT2D eigenvalue weighted by Crippen LogP contribution is 2.23. The highest BCUT2D eigenvalue weighted by molar-refractivity contribution is 5.98. The number of aromatic nitrogens is 1. The predicted molar refractivity (Wildman–Crippen MR) is 106 cm³/mol. The molecule has 1 N–H and O–H groups in total. The lowest BCUT2D eigenvalue weighted by molar-refractivity contribution is 0.0690. The minimum absolute atomic E-state index is 0.0340. The van der Waals surface area contributed by atoms with Gasteiger partial charge in [0.25, 0.3) is 11.8 Å². The third kappa shape index (κ3) is 5.03. The fraction of sp³-hybridized carbons (Fsp3) is 0.318. The molecule has 140 valence electrons. The standard InChI is InChI=1S/C22H25N3O2/c1-2-11-24-21(26)20-16-19(8-12-23-20)22(27)25-13-9-18(10-14-25)15-17-6-4-3-5-7-17/h2-8,12,16,18H,1,9-11,13-15H2,(H,24,26). The van der Waals surface area contributed by atoms with E-state index in [9.17, 15) is 9.59 Å². The van der Waals surface area contributed by atoms with E-state index in [-0.39, 0.29) is 17.5 Å². The molecule has 0 atom stereocenters. The number of likely N-dealkylation sites (tertiary alicyclic amines) is 1. The van der Waals surface area contributed by atoms with Crippen LogP contribution in [0.5, 0.6) is 0 Å². The molecule has 2 heterocycles. The zero-order valence-corrected chi connectivity index (χ0v) is 15.4. The number of pyridine rings is 1. The van der Waals surface area contributed by atoms with E-state index in [1.807, 2.05) is 11.0 Å². The van der Waals surface area contributed by atoms with Crippen LogP contribution in [0.1, 0.15) is 39.3 Å². The third-order valence-corrected chi connectivity index (χ3v) is 4.92. The zero-order valence-electron chi connectivity index (χ0n) is 15.4. The molecule has 0 radical (unpaired) electrons. The van der Waals surface area contributed by atoms with Gasteiger partial charge in [-0.05, 0) is 42.9 Å². The molecule has 2 amide bonds. The lowest BCUT2D eigenvalue weighted by Crippen LogP contribution is -2.39. The fourth-order valence-electron chi connectivity index (χ4n) is 3.41. The van der Waals surface area contributed by atoms with Crippen LogP contribution in [0.15, 0.2) is 61.3 Å². The van der Waals surface area contributed by atoms with Crippen molar-refractivity contribution >= 4 is 11.8 Å². The molecular weight excluding hydrogens is 338 g/mol. The molecule has 1 aromatic heterocycles. The van der Waals surface area contributed by atoms with Crippen molar-refractivity contribution in [3.63, 3.8) is 0 Å². The molecule has 27 heavy (non-hydrogen) atoms. The highest BCUT2D eigenvalue weighted by Gasteiger charge is 2.24. The van der Waals surface area contributed by atoms with Crippen molar-refractivity contribution in [2.45, 2.75) is 19.3 Å². The summed E-state index contributed by atoms with van der Waals surface area (Å²) in [6.45, 7) is 5.43. The van der Waals surface area contributed by atoms with Crippen molar-refractivity contribution in [3.05, 3.63) is 78.1 Å². The van der Waals surface area contributed by atoms with Gasteiger partial charge in [-0.15, -0.1) is 6.58 Å². The van der Waals surface area contributed by atoms with Crippen LogP contribution in [-0.4, -0.2) is 41.3 Å². The zero-order chi connectivity index (χ0) is 19.1. The van der Waals surface area contributed by atoms with Gasteiger partial charge in [-0.3, -0.25) is 14.6 Å². The minimum atomic E-state index is -0.300. The first kappa shape index (κ1) is 18.8. The Morgan fingerprint density at radius 2 is 1.93 bits per heavy atom. The molecule has 0 aliphatic carbocycles. The van der Waals surface area contributed by atoms with Crippen molar-refractivity contribution in [1.29, 1.82) is 0 Å². The van der Waals surface area contributed by atoms with E-state index >= 15 is 0 Å². The van der Waals surface area contributed by atoms with Gasteiger partial charge < -0.3 is 10.2 Å². The summed E-state index contributed by atoms with van der Waals surface area (Å²) in [6.07, 6.45) is 6.17. The number of nitrogens with zero attached hydrogens (tertiary/aromatic N) is 2. The lowest BCUT2D eigenvalue weighted by Gasteiger charge is -2.32. The fourth-order valence-corrected chi connectivity index (χ4v) is 3.41. The SMILES string of the molecule is C=CCNC(=O)c1cc(C(=O)N2CCC(Cc3ccccc3)CC2)ccn1. The Labute approximate surface area is 160 Å². The molecule has 1 aliphatic heterocycles. The van der Waals surface area contributed by atoms with Gasteiger partial charge in [0.1, 0.15) is 5.69 Å². The topological polar surface area (TPSA) is 62.3 Å². The maximum Gasteiger partial charge on any atom is 0.270 e. The summed E-state index contributed by atoms with van der Waals surface area (Å²) in [5, 5.41) is 2.68. The number of benzene rings is 1. The maximum atomic E-state index is 12.8. The summed E-state index contributed by atoms with van der Waals surface area (Å²) < 4.78 is 0. The first-order chi connectivity index (χ1) is 13.2. The average Bonchev–Trinajstić information content (AvgIpc) is 2.73. The normalized spacial score (nSPS) is 14.6. The largest absolute Gasteiger partial charge is 0.347 e. The second-order valence-corrected chi connectivity index (χ2v) is 6.85. The maximum absolute atomic E-state index is 12.8. The lowest BCUT2D eigenvalue weighted by atomic mass is 9.90. The van der Waals surface area contributed by atoms with E-state index in [4.69, 9.17) is 0 Å². The van der Waals surface area contributed by atoms with Crippen LogP contribution in [0.25, 0.3) is 0 Å². The molecule has 5 heteroatoms. The van der Waals surface area contributed by atoms with Gasteiger partial charge in [-0.1, -0.05) is 36.4 Å². The van der Waals surface area contributed by atoms with Crippen LogP contribution < -0.4 is 5.32 Å². The number of rotatable bonds is 6. The summed E-state index contributed by atoms with van der Waals surface area (Å²) >= 11 is 0. The Morgan fingerprint density at radius 3 is 2.63 bits per heavy atom. The van der Waals surface area contributed by atoms with Crippen LogP contribution in [-0.2, 0) is 6.42 Å². The molecule has 2 aromatic rings. The van der Waals surface area contributed by atoms with Crippen molar-refractivity contribution in [3.8, 4) is 0 Å². The Hall–Kier alpha value is -2.95. The van der Waals surface area contributed by atoms with Crippen molar-refractivity contribution in [2.75, 3.05) is 19.6 Å². The molecule has 0 bridgehead atoms. The molecule has 3 rings (SSSR count). The van der Waals surface area contributed by atoms with E-state index in [0.29, 0.717) is 18.0 Å². The van der Waals surface area contributed by atoms with E-state index in [0.717, 1.165) is 32.4 Å². The number of carbonyl (C=O) groups excluding carboxylic acids is 2. The van der Waals surface area contributed by atoms with Crippen molar-refractivity contribution < 1.29 is 9.59 Å². The molecule has 1 aliphatic rings. The summed E-state index contributed by atoms with van der Waals surface area (Å²) in [5.74, 6) is 0.272. The highest BCUT2D eigenvalue weighted by atomic mass is 16.2. The number of hydrogen-bond acceptors (Lipinski definition) is 3. The number of piperidine rings is 1. The van der Waals surface area contributed by atoms with E-state index in [2.05, 4.69) is 41.1 Å². The number of carbonyl (C=O) groups is 2. The van der Waals surface area contributed by atoms with Gasteiger partial charge in [0.05, 0.1) is 0 Å². The molecule has 1 saturated heterocycles. The van der Waals surface area contributed by atoms with Crippen molar-refractivity contribution in [2.24, 2.45) is 5.92 Å². The Bertz CT molecular complexity index is 796. The number of hydrogen-bond donors (Lipinski definition) is 1. The van der Waals surface area contributed by atoms with Crippen LogP contribution in [0.4, 0.5) is 0 Å². The van der Waals surface area contributed by atoms with Gasteiger partial charge in [0.2, 0.25) is 0 Å². The summed E-state index contributed by atoms with van der Waals surface area (Å²) in [6, 6.07) is 13.7. The average molecular weight is 363 g/mol. The van der Waals surface area contributed by atoms with E-state index < -0.39 is 0 Å². The molecule has 0 spiro atoms. The second kappa shape index (κ2) is 9.12. The third-order valence-electron chi connectivity index (χ3n) is 4.92. The van der Waals surface area contributed by atoms with Gasteiger partial charge in [0.15, 0.2) is 0 Å². The van der Waals surface area contributed by atoms with Gasteiger partial charge in [-0.2, -0.15) is 0 Å². The molecule has 0 saturated carbocycles. The Kier molecular flexibility index (Phi) is 6.36. The summed E-state index contributed by atoms with van der Waals surface area (Å²) in [7, 11) is 0. The van der Waals surface area contributed by atoms with Crippen LogP contribution in [0.3, 0.4) is 0 Å². The van der Waals surface area contributed by atoms with Crippen LogP contribution in [0.2, 0.25) is 0 Å². The number of nitrogens with one attached hydrogen (secondary N) is 1. The first-order valence-electron chi connectivity index (χ1n) is 9.35. The molecular formula is C22H25N3O2. The molecule has 0 unspecified atom stereocenters. The summed E-state index contributed by atoms with van der Waals surface area (Å²) in [4.78, 5) is 30.8. The van der Waals surface area contributed by atoms with E-state index in [1.165, 1.54) is 11.8 Å². The molecule has 5 nitrogen and oxygen atoms in total. The van der Waals surface area contributed by atoms with Crippen LogP contribution in [0, 0.1) is 5.92 Å². The first-order valence-corrected chi connectivity index (χ1v) is 9.35.